The quantitative estimate of drug-likeness (QED) is 0.196. The highest BCUT2D eigenvalue weighted by Gasteiger charge is 2.20. The van der Waals surface area contributed by atoms with Crippen LogP contribution in [0.25, 0.3) is 0 Å². The van der Waals surface area contributed by atoms with Gasteiger partial charge in [0.25, 0.3) is 22.7 Å². The number of hydrogen-bond donors (Lipinski definition) is 2. The summed E-state index contributed by atoms with van der Waals surface area (Å²) in [5.41, 5.74) is -0.876. The lowest BCUT2D eigenvalue weighted by molar-refractivity contribution is -0.393. The van der Waals surface area contributed by atoms with Crippen LogP contribution in [0.15, 0.2) is 36.4 Å². The largest absolute Gasteiger partial charge is 0.379 e. The second-order valence-corrected chi connectivity index (χ2v) is 7.41. The second-order valence-electron chi connectivity index (χ2n) is 7.41. The van der Waals surface area contributed by atoms with E-state index in [2.05, 4.69) is 10.6 Å². The van der Waals surface area contributed by atoms with Crippen molar-refractivity contribution in [2.75, 3.05) is 23.7 Å². The van der Waals surface area contributed by atoms with Gasteiger partial charge in [0.2, 0.25) is 0 Å². The number of rotatable bonds is 15. The number of non-ortho nitro benzene ring substituents is 2. The molecule has 14 heteroatoms. The molecule has 2 rings (SSSR count). The van der Waals surface area contributed by atoms with Gasteiger partial charge < -0.3 is 10.6 Å². The Morgan fingerprint density at radius 3 is 1.21 bits per heavy atom. The van der Waals surface area contributed by atoms with E-state index in [0.29, 0.717) is 13.1 Å². The molecule has 0 spiro atoms. The molecule has 0 bridgehead atoms. The average molecular weight is 476 g/mol. The third-order valence-electron chi connectivity index (χ3n) is 5.01. The summed E-state index contributed by atoms with van der Waals surface area (Å²) in [6.45, 7) is 0.980. The highest BCUT2D eigenvalue weighted by Crippen LogP contribution is 2.30. The fraction of sp³-hybridized carbons (Fsp3) is 0.400. The van der Waals surface area contributed by atoms with Crippen molar-refractivity contribution in [3.63, 3.8) is 0 Å². The SMILES string of the molecule is O=[N+]([O-])c1ccc(NCCCCCCCCNc2ccc([N+](=O)[O-])cc2[N+](=O)[O-])c([N+](=O)[O-])c1. The number of nitrogens with one attached hydrogen (secondary N) is 2. The molecule has 182 valence electrons. The third-order valence-corrected chi connectivity index (χ3v) is 5.01. The van der Waals surface area contributed by atoms with Crippen LogP contribution in [0.1, 0.15) is 38.5 Å². The van der Waals surface area contributed by atoms with Crippen LogP contribution in [-0.4, -0.2) is 32.8 Å². The third kappa shape index (κ3) is 7.65. The lowest BCUT2D eigenvalue weighted by atomic mass is 10.1. The molecule has 0 aliphatic carbocycles. The minimum absolute atomic E-state index is 0.238. The van der Waals surface area contributed by atoms with Gasteiger partial charge in [-0.25, -0.2) is 0 Å². The molecule has 2 N–H and O–H groups in total. The summed E-state index contributed by atoms with van der Waals surface area (Å²) < 4.78 is 0. The first-order chi connectivity index (χ1) is 16.2. The van der Waals surface area contributed by atoms with Gasteiger partial charge in [-0.2, -0.15) is 0 Å². The van der Waals surface area contributed by atoms with Crippen molar-refractivity contribution in [2.24, 2.45) is 0 Å². The molecule has 0 amide bonds. The van der Waals surface area contributed by atoms with Gasteiger partial charge in [-0.3, -0.25) is 40.5 Å². The Bertz CT molecular complexity index is 978. The lowest BCUT2D eigenvalue weighted by Gasteiger charge is -2.08. The number of anilines is 2. The van der Waals surface area contributed by atoms with Crippen molar-refractivity contribution < 1.29 is 19.7 Å². The Labute approximate surface area is 193 Å². The van der Waals surface area contributed by atoms with E-state index >= 15 is 0 Å². The zero-order valence-electron chi connectivity index (χ0n) is 18.2. The van der Waals surface area contributed by atoms with Crippen LogP contribution in [-0.2, 0) is 0 Å². The molecule has 0 aliphatic rings. The molecular formula is C20H24N6O8. The van der Waals surface area contributed by atoms with Crippen molar-refractivity contribution in [2.45, 2.75) is 38.5 Å². The first-order valence-electron chi connectivity index (χ1n) is 10.5. The molecule has 0 aromatic heterocycles. The van der Waals surface area contributed by atoms with Crippen LogP contribution in [0.2, 0.25) is 0 Å². The molecule has 0 radical (unpaired) electrons. The summed E-state index contributed by atoms with van der Waals surface area (Å²) >= 11 is 0. The van der Waals surface area contributed by atoms with Crippen LogP contribution in [0, 0.1) is 40.5 Å². The zero-order valence-corrected chi connectivity index (χ0v) is 18.2. The normalized spacial score (nSPS) is 10.5. The Balaban J connectivity index is 1.64. The average Bonchev–Trinajstić information content (AvgIpc) is 2.79. The molecule has 0 atom stereocenters. The van der Waals surface area contributed by atoms with Gasteiger partial charge in [0, 0.05) is 25.2 Å². The van der Waals surface area contributed by atoms with E-state index < -0.39 is 19.7 Å². The highest BCUT2D eigenvalue weighted by atomic mass is 16.6. The maximum Gasteiger partial charge on any atom is 0.299 e. The van der Waals surface area contributed by atoms with E-state index in [0.717, 1.165) is 50.7 Å². The molecule has 0 saturated heterocycles. The second kappa shape index (κ2) is 12.6. The minimum Gasteiger partial charge on any atom is -0.379 e. The smallest absolute Gasteiger partial charge is 0.299 e. The van der Waals surface area contributed by atoms with E-state index in [1.807, 2.05) is 0 Å². The van der Waals surface area contributed by atoms with Gasteiger partial charge in [-0.1, -0.05) is 25.7 Å². The molecule has 14 nitrogen and oxygen atoms in total. The molecule has 0 fully saturated rings. The summed E-state index contributed by atoms with van der Waals surface area (Å²) in [7, 11) is 0. The van der Waals surface area contributed by atoms with E-state index in [-0.39, 0.29) is 34.1 Å². The molecule has 0 aliphatic heterocycles. The Hall–Kier alpha value is -4.36. The molecule has 0 heterocycles. The summed E-state index contributed by atoms with van der Waals surface area (Å²) in [4.78, 5) is 41.1. The Morgan fingerprint density at radius 2 is 0.882 bits per heavy atom. The molecule has 2 aromatic carbocycles. The van der Waals surface area contributed by atoms with Crippen LogP contribution in [0.3, 0.4) is 0 Å². The predicted molar refractivity (Wildman–Crippen MR) is 124 cm³/mol. The molecule has 2 aromatic rings. The summed E-state index contributed by atoms with van der Waals surface area (Å²) in [5, 5.41) is 49.7. The number of benzene rings is 2. The Kier molecular flexibility index (Phi) is 9.61. The van der Waals surface area contributed by atoms with Crippen LogP contribution in [0.4, 0.5) is 34.1 Å². The van der Waals surface area contributed by atoms with Crippen LogP contribution in [0.5, 0.6) is 0 Å². The number of nitro groups is 4. The minimum atomic E-state index is -0.681. The van der Waals surface area contributed by atoms with Crippen molar-refractivity contribution in [1.82, 2.24) is 0 Å². The lowest BCUT2D eigenvalue weighted by Crippen LogP contribution is -2.05. The van der Waals surface area contributed by atoms with Gasteiger partial charge in [0.1, 0.15) is 11.4 Å². The van der Waals surface area contributed by atoms with E-state index in [4.69, 9.17) is 0 Å². The van der Waals surface area contributed by atoms with Gasteiger partial charge in [0.15, 0.2) is 0 Å². The maximum atomic E-state index is 11.1. The van der Waals surface area contributed by atoms with Crippen molar-refractivity contribution >= 4 is 34.1 Å². The van der Waals surface area contributed by atoms with Gasteiger partial charge in [-0.15, -0.1) is 0 Å². The van der Waals surface area contributed by atoms with Gasteiger partial charge in [-0.05, 0) is 25.0 Å². The van der Waals surface area contributed by atoms with Gasteiger partial charge in [0.05, 0.1) is 31.8 Å². The number of unbranched alkanes of at least 4 members (excludes halogenated alkanes) is 5. The zero-order chi connectivity index (χ0) is 25.1. The predicted octanol–water partition coefficient (Wildman–Crippen LogP) is 5.18. The van der Waals surface area contributed by atoms with Crippen LogP contribution < -0.4 is 10.6 Å². The monoisotopic (exact) mass is 476 g/mol. The van der Waals surface area contributed by atoms with Gasteiger partial charge >= 0.3 is 0 Å². The first-order valence-corrected chi connectivity index (χ1v) is 10.5. The maximum absolute atomic E-state index is 11.1. The van der Waals surface area contributed by atoms with Crippen molar-refractivity contribution in [3.05, 3.63) is 76.9 Å². The fourth-order valence-electron chi connectivity index (χ4n) is 3.27. The van der Waals surface area contributed by atoms with Crippen molar-refractivity contribution in [3.8, 4) is 0 Å². The summed E-state index contributed by atoms with van der Waals surface area (Å²) in [6.07, 6.45) is 5.16. The van der Waals surface area contributed by atoms with Crippen LogP contribution >= 0.6 is 0 Å². The molecule has 0 unspecified atom stereocenters. The highest BCUT2D eigenvalue weighted by molar-refractivity contribution is 5.66. The summed E-state index contributed by atoms with van der Waals surface area (Å²) in [5.74, 6) is 0. The molecule has 34 heavy (non-hydrogen) atoms. The van der Waals surface area contributed by atoms with E-state index in [1.165, 1.54) is 24.3 Å². The number of hydrogen-bond acceptors (Lipinski definition) is 10. The number of nitrogens with zero attached hydrogens (tertiary/aromatic N) is 4. The van der Waals surface area contributed by atoms with E-state index in [1.54, 1.807) is 0 Å². The van der Waals surface area contributed by atoms with Crippen molar-refractivity contribution in [1.29, 1.82) is 0 Å². The first kappa shape index (κ1) is 25.9. The fourth-order valence-corrected chi connectivity index (χ4v) is 3.27. The topological polar surface area (TPSA) is 197 Å². The number of nitro benzene ring substituents is 4. The summed E-state index contributed by atoms with van der Waals surface area (Å²) in [6, 6.07) is 6.96. The molecule has 0 saturated carbocycles. The Morgan fingerprint density at radius 1 is 0.529 bits per heavy atom. The standard InChI is InChI=1S/C20H24N6O8/c27-23(28)15-7-9-17(19(13-15)25(31)32)21-11-5-3-1-2-4-6-12-22-18-10-8-16(24(29)30)14-20(18)26(33)34/h7-10,13-14,21-22H,1-6,11-12H2. The van der Waals surface area contributed by atoms with E-state index in [9.17, 15) is 40.5 Å². The molecular weight excluding hydrogens is 452 g/mol.